The van der Waals surface area contributed by atoms with Crippen LogP contribution in [0.4, 0.5) is 4.39 Å². The van der Waals surface area contributed by atoms with Crippen molar-refractivity contribution < 1.29 is 32.8 Å². The van der Waals surface area contributed by atoms with E-state index < -0.39 is 40.4 Å². The zero-order chi connectivity index (χ0) is 18.3. The van der Waals surface area contributed by atoms with Crippen LogP contribution in [-0.2, 0) is 14.4 Å². The Labute approximate surface area is 143 Å². The molecule has 10 heteroatoms. The number of benzene rings is 1. The SMILES string of the molecule is COc1c(Cl)cc2cc(C(=O)ON3C(=O)CCC3=O)c(=O)oc2c1F. The van der Waals surface area contributed by atoms with Crippen LogP contribution in [0.5, 0.6) is 5.75 Å². The first-order chi connectivity index (χ1) is 11.8. The molecule has 0 unspecified atom stereocenters. The first kappa shape index (κ1) is 16.9. The first-order valence-corrected chi connectivity index (χ1v) is 7.29. The summed E-state index contributed by atoms with van der Waals surface area (Å²) >= 11 is 5.86. The minimum absolute atomic E-state index is 0.00562. The second-order valence-electron chi connectivity index (χ2n) is 5.03. The van der Waals surface area contributed by atoms with Crippen LogP contribution in [0.3, 0.4) is 0 Å². The summed E-state index contributed by atoms with van der Waals surface area (Å²) in [4.78, 5) is 51.6. The Morgan fingerprint density at radius 1 is 1.24 bits per heavy atom. The maximum Gasteiger partial charge on any atom is 0.371 e. The van der Waals surface area contributed by atoms with Gasteiger partial charge in [-0.15, -0.1) is 5.06 Å². The summed E-state index contributed by atoms with van der Waals surface area (Å²) in [6.45, 7) is 0. The maximum atomic E-state index is 14.2. The second-order valence-corrected chi connectivity index (χ2v) is 5.44. The molecule has 0 atom stereocenters. The topological polar surface area (TPSA) is 103 Å². The summed E-state index contributed by atoms with van der Waals surface area (Å²) in [6, 6.07) is 2.22. The highest BCUT2D eigenvalue weighted by molar-refractivity contribution is 6.32. The molecular weight excluding hydrogens is 361 g/mol. The average Bonchev–Trinajstić information content (AvgIpc) is 2.87. The summed E-state index contributed by atoms with van der Waals surface area (Å²) in [6.07, 6.45) is -0.196. The first-order valence-electron chi connectivity index (χ1n) is 6.91. The van der Waals surface area contributed by atoms with Gasteiger partial charge in [0.1, 0.15) is 5.56 Å². The van der Waals surface area contributed by atoms with Gasteiger partial charge in [-0.25, -0.2) is 9.59 Å². The third-order valence-electron chi connectivity index (χ3n) is 3.48. The zero-order valence-electron chi connectivity index (χ0n) is 12.6. The number of ether oxygens (including phenoxy) is 1. The van der Waals surface area contributed by atoms with Crippen LogP contribution in [-0.4, -0.2) is 30.0 Å². The molecule has 2 aromatic rings. The van der Waals surface area contributed by atoms with Gasteiger partial charge in [-0.1, -0.05) is 11.6 Å². The summed E-state index contributed by atoms with van der Waals surface area (Å²) in [7, 11) is 1.18. The lowest BCUT2D eigenvalue weighted by molar-refractivity contribution is -0.172. The molecule has 0 aliphatic carbocycles. The number of carbonyl (C=O) groups excluding carboxylic acids is 3. The fourth-order valence-electron chi connectivity index (χ4n) is 2.29. The van der Waals surface area contributed by atoms with Gasteiger partial charge >= 0.3 is 11.6 Å². The van der Waals surface area contributed by atoms with Gasteiger partial charge in [0.2, 0.25) is 5.82 Å². The Balaban J connectivity index is 2.04. The normalized spacial score (nSPS) is 14.3. The number of carbonyl (C=O) groups is 3. The largest absolute Gasteiger partial charge is 0.492 e. The number of halogens is 2. The Hall–Kier alpha value is -2.94. The smallest absolute Gasteiger partial charge is 0.371 e. The molecular formula is C15H9ClFNO7. The molecule has 1 aromatic carbocycles. The number of hydrogen-bond acceptors (Lipinski definition) is 7. The van der Waals surface area contributed by atoms with Crippen LogP contribution in [0.1, 0.15) is 23.2 Å². The van der Waals surface area contributed by atoms with E-state index in [1.165, 1.54) is 13.2 Å². The number of hydroxylamine groups is 2. The van der Waals surface area contributed by atoms with Crippen molar-refractivity contribution in [1.29, 1.82) is 0 Å². The predicted molar refractivity (Wildman–Crippen MR) is 80.5 cm³/mol. The molecule has 0 bridgehead atoms. The van der Waals surface area contributed by atoms with Crippen LogP contribution in [0.15, 0.2) is 21.3 Å². The molecule has 0 N–H and O–H groups in total. The minimum Gasteiger partial charge on any atom is -0.492 e. The van der Waals surface area contributed by atoms with Gasteiger partial charge in [-0.3, -0.25) is 9.59 Å². The highest BCUT2D eigenvalue weighted by Crippen LogP contribution is 2.33. The molecule has 130 valence electrons. The summed E-state index contributed by atoms with van der Waals surface area (Å²) in [5.41, 5.74) is -2.29. The van der Waals surface area contributed by atoms with Crippen LogP contribution in [0.2, 0.25) is 5.02 Å². The lowest BCUT2D eigenvalue weighted by Crippen LogP contribution is -2.33. The molecule has 0 radical (unpaired) electrons. The van der Waals surface area contributed by atoms with Crippen molar-refractivity contribution in [3.05, 3.63) is 39.0 Å². The van der Waals surface area contributed by atoms with Crippen molar-refractivity contribution in [2.24, 2.45) is 0 Å². The molecule has 8 nitrogen and oxygen atoms in total. The highest BCUT2D eigenvalue weighted by Gasteiger charge is 2.34. The fraction of sp³-hybridized carbons (Fsp3) is 0.200. The number of nitrogens with zero attached hydrogens (tertiary/aromatic N) is 1. The lowest BCUT2D eigenvalue weighted by Gasteiger charge is -2.12. The van der Waals surface area contributed by atoms with E-state index in [1.807, 2.05) is 0 Å². The van der Waals surface area contributed by atoms with Crippen molar-refractivity contribution >= 4 is 40.4 Å². The Bertz CT molecular complexity index is 968. The van der Waals surface area contributed by atoms with Crippen LogP contribution < -0.4 is 10.4 Å². The molecule has 25 heavy (non-hydrogen) atoms. The van der Waals surface area contributed by atoms with Crippen molar-refractivity contribution in [2.75, 3.05) is 7.11 Å². The summed E-state index contributed by atoms with van der Waals surface area (Å²) < 4.78 is 23.8. The van der Waals surface area contributed by atoms with Crippen molar-refractivity contribution in [2.45, 2.75) is 12.8 Å². The third kappa shape index (κ3) is 2.82. The molecule has 0 spiro atoms. The van der Waals surface area contributed by atoms with E-state index in [1.54, 1.807) is 0 Å². The lowest BCUT2D eigenvalue weighted by atomic mass is 10.1. The minimum atomic E-state index is -1.29. The van der Waals surface area contributed by atoms with Crippen molar-refractivity contribution in [3.63, 3.8) is 0 Å². The summed E-state index contributed by atoms with van der Waals surface area (Å²) in [5.74, 6) is -4.02. The standard InChI is InChI=1S/C15H9ClFNO7/c1-23-13-8(16)5-6-4-7(14(21)24-12(6)11(13)17)15(22)25-18-9(19)2-3-10(18)20/h4-5H,2-3H2,1H3. The van der Waals surface area contributed by atoms with Gasteiger partial charge in [-0.2, -0.15) is 4.39 Å². The molecule has 1 saturated heterocycles. The molecule has 2 amide bonds. The monoisotopic (exact) mass is 369 g/mol. The predicted octanol–water partition coefficient (Wildman–Crippen LogP) is 1.81. The quantitative estimate of drug-likeness (QED) is 0.600. The number of fused-ring (bicyclic) bond motifs is 1. The van der Waals surface area contributed by atoms with E-state index in [0.29, 0.717) is 0 Å². The number of hydrogen-bond donors (Lipinski definition) is 0. The van der Waals surface area contributed by atoms with Crippen molar-refractivity contribution in [1.82, 2.24) is 5.06 Å². The second kappa shape index (κ2) is 6.17. The Morgan fingerprint density at radius 3 is 2.48 bits per heavy atom. The van der Waals surface area contributed by atoms with E-state index in [9.17, 15) is 23.6 Å². The average molecular weight is 370 g/mol. The molecule has 0 saturated carbocycles. The Kier molecular flexibility index (Phi) is 4.17. The van der Waals surface area contributed by atoms with Gasteiger partial charge in [0, 0.05) is 18.2 Å². The van der Waals surface area contributed by atoms with Gasteiger partial charge in [0.05, 0.1) is 12.1 Å². The van der Waals surface area contributed by atoms with E-state index in [2.05, 4.69) is 4.84 Å². The van der Waals surface area contributed by atoms with Crippen molar-refractivity contribution in [3.8, 4) is 5.75 Å². The summed E-state index contributed by atoms with van der Waals surface area (Å²) in [5, 5.41) is 0.174. The maximum absolute atomic E-state index is 14.2. The zero-order valence-corrected chi connectivity index (χ0v) is 13.4. The molecule has 1 aromatic heterocycles. The Morgan fingerprint density at radius 2 is 1.88 bits per heavy atom. The molecule has 3 rings (SSSR count). The molecule has 2 heterocycles. The van der Waals surface area contributed by atoms with Gasteiger partial charge < -0.3 is 14.0 Å². The van der Waals surface area contributed by atoms with Crippen LogP contribution >= 0.6 is 11.6 Å². The number of imide groups is 1. The van der Waals surface area contributed by atoms with Crippen LogP contribution in [0.25, 0.3) is 11.0 Å². The van der Waals surface area contributed by atoms with Gasteiger partial charge in [0.25, 0.3) is 11.8 Å². The molecule has 1 aliphatic heterocycles. The number of methoxy groups -OCH3 is 1. The van der Waals surface area contributed by atoms with E-state index in [-0.39, 0.29) is 34.1 Å². The van der Waals surface area contributed by atoms with E-state index in [4.69, 9.17) is 20.8 Å². The van der Waals surface area contributed by atoms with E-state index in [0.717, 1.165) is 6.07 Å². The highest BCUT2D eigenvalue weighted by atomic mass is 35.5. The number of amides is 2. The van der Waals surface area contributed by atoms with Gasteiger partial charge in [-0.05, 0) is 12.1 Å². The third-order valence-corrected chi connectivity index (χ3v) is 3.76. The van der Waals surface area contributed by atoms with E-state index >= 15 is 0 Å². The number of rotatable bonds is 3. The molecule has 1 fully saturated rings. The fourth-order valence-corrected chi connectivity index (χ4v) is 2.57. The molecule has 1 aliphatic rings. The van der Waals surface area contributed by atoms with Gasteiger partial charge in [0.15, 0.2) is 11.3 Å². The van der Waals surface area contributed by atoms with Crippen LogP contribution in [0, 0.1) is 5.82 Å².